The van der Waals surface area contributed by atoms with E-state index < -0.39 is 0 Å². The van der Waals surface area contributed by atoms with E-state index in [9.17, 15) is 4.79 Å². The average Bonchev–Trinajstić information content (AvgIpc) is 2.39. The normalized spacial score (nSPS) is 23.0. The lowest BCUT2D eigenvalue weighted by Crippen LogP contribution is -2.29. The first-order valence-corrected chi connectivity index (χ1v) is 7.93. The van der Waals surface area contributed by atoms with Crippen molar-refractivity contribution < 1.29 is 0 Å². The smallest absolute Gasteiger partial charge is 0.293 e. The van der Waals surface area contributed by atoms with Gasteiger partial charge in [0, 0.05) is 30.9 Å². The number of aromatic nitrogens is 2. The second-order valence-corrected chi connectivity index (χ2v) is 6.76. The fraction of sp³-hybridized carbons (Fsp3) is 0.733. The molecule has 1 aromatic heterocycles. The van der Waals surface area contributed by atoms with Crippen molar-refractivity contribution in [2.45, 2.75) is 51.5 Å². The van der Waals surface area contributed by atoms with Crippen LogP contribution in [0.3, 0.4) is 0 Å². The van der Waals surface area contributed by atoms with E-state index in [1.807, 2.05) is 0 Å². The van der Waals surface area contributed by atoms with E-state index in [0.717, 1.165) is 25.9 Å². The van der Waals surface area contributed by atoms with Crippen LogP contribution in [-0.2, 0) is 6.54 Å². The first kappa shape index (κ1) is 15.4. The molecule has 1 heterocycles. The summed E-state index contributed by atoms with van der Waals surface area (Å²) in [5.41, 5.74) is -0.0283. The van der Waals surface area contributed by atoms with Crippen LogP contribution in [0.5, 0.6) is 0 Å². The summed E-state index contributed by atoms with van der Waals surface area (Å²) in [4.78, 5) is 16.4. The lowest BCUT2D eigenvalue weighted by atomic mass is 9.89. The van der Waals surface area contributed by atoms with E-state index in [2.05, 4.69) is 24.1 Å². The molecule has 0 spiro atoms. The first-order valence-electron chi connectivity index (χ1n) is 7.49. The minimum atomic E-state index is -0.0283. The third-order valence-electron chi connectivity index (χ3n) is 3.75. The lowest BCUT2D eigenvalue weighted by Gasteiger charge is -2.25. The minimum Gasteiger partial charge on any atom is -0.365 e. The van der Waals surface area contributed by atoms with Crippen molar-refractivity contribution in [1.82, 2.24) is 9.55 Å². The van der Waals surface area contributed by atoms with Crippen molar-refractivity contribution in [2.24, 2.45) is 11.8 Å². The summed E-state index contributed by atoms with van der Waals surface area (Å²) in [6.07, 6.45) is 7.95. The number of alkyl halides is 1. The Hall–Kier alpha value is -1.03. The van der Waals surface area contributed by atoms with Gasteiger partial charge in [-0.25, -0.2) is 4.98 Å². The molecule has 1 fully saturated rings. The molecule has 2 unspecified atom stereocenters. The Bertz CT molecular complexity index is 486. The largest absolute Gasteiger partial charge is 0.365 e. The molecule has 1 N–H and O–H groups in total. The Kier molecular flexibility index (Phi) is 5.46. The van der Waals surface area contributed by atoms with E-state index >= 15 is 0 Å². The Morgan fingerprint density at radius 1 is 1.50 bits per heavy atom. The van der Waals surface area contributed by atoms with Crippen LogP contribution in [0.25, 0.3) is 0 Å². The zero-order chi connectivity index (χ0) is 14.5. The summed E-state index contributed by atoms with van der Waals surface area (Å²) < 4.78 is 1.73. The summed E-state index contributed by atoms with van der Waals surface area (Å²) in [5, 5.41) is 3.50. The van der Waals surface area contributed by atoms with Crippen LogP contribution >= 0.6 is 11.6 Å². The average molecular weight is 298 g/mol. The van der Waals surface area contributed by atoms with Gasteiger partial charge in [0.1, 0.15) is 0 Å². The third-order valence-corrected chi connectivity index (χ3v) is 4.15. The second-order valence-electron chi connectivity index (χ2n) is 6.14. The van der Waals surface area contributed by atoms with Gasteiger partial charge < -0.3 is 9.88 Å². The van der Waals surface area contributed by atoms with Gasteiger partial charge in [-0.2, -0.15) is 0 Å². The summed E-state index contributed by atoms with van der Waals surface area (Å²) in [5.74, 6) is 1.45. The topological polar surface area (TPSA) is 46.9 Å². The molecule has 0 aromatic carbocycles. The highest BCUT2D eigenvalue weighted by atomic mass is 35.5. The van der Waals surface area contributed by atoms with Crippen LogP contribution in [0.4, 0.5) is 5.82 Å². The summed E-state index contributed by atoms with van der Waals surface area (Å²) in [6, 6.07) is 0. The quantitative estimate of drug-likeness (QED) is 0.850. The minimum absolute atomic E-state index is 0.0283. The number of hydrogen-bond acceptors (Lipinski definition) is 3. The van der Waals surface area contributed by atoms with Gasteiger partial charge in [0.05, 0.1) is 0 Å². The van der Waals surface area contributed by atoms with Crippen molar-refractivity contribution in [2.75, 3.05) is 11.9 Å². The van der Waals surface area contributed by atoms with Crippen LogP contribution in [0.1, 0.15) is 39.5 Å². The molecule has 0 radical (unpaired) electrons. The van der Waals surface area contributed by atoms with Gasteiger partial charge in [0.25, 0.3) is 5.56 Å². The molecule has 2 atom stereocenters. The highest BCUT2D eigenvalue weighted by molar-refractivity contribution is 6.20. The summed E-state index contributed by atoms with van der Waals surface area (Å²) >= 11 is 6.20. The molecule has 112 valence electrons. The molecule has 1 aromatic rings. The van der Waals surface area contributed by atoms with Crippen LogP contribution < -0.4 is 10.9 Å². The van der Waals surface area contributed by atoms with E-state index in [1.165, 1.54) is 12.8 Å². The molecule has 0 amide bonds. The van der Waals surface area contributed by atoms with Gasteiger partial charge in [-0.3, -0.25) is 4.79 Å². The van der Waals surface area contributed by atoms with E-state index in [4.69, 9.17) is 11.6 Å². The number of rotatable bonds is 5. The highest BCUT2D eigenvalue weighted by Crippen LogP contribution is 2.27. The summed E-state index contributed by atoms with van der Waals surface area (Å²) in [6.45, 7) is 5.71. The predicted octanol–water partition coefficient (Wildman–Crippen LogP) is 3.11. The zero-order valence-corrected chi connectivity index (χ0v) is 13.1. The zero-order valence-electron chi connectivity index (χ0n) is 12.3. The molecule has 20 heavy (non-hydrogen) atoms. The SMILES string of the molecule is CC(C)Cn1ccnc(NCC2CCCC(Cl)C2)c1=O. The Morgan fingerprint density at radius 3 is 3.00 bits per heavy atom. The fourth-order valence-corrected chi connectivity index (χ4v) is 3.16. The van der Waals surface area contributed by atoms with Crippen molar-refractivity contribution >= 4 is 17.4 Å². The van der Waals surface area contributed by atoms with Gasteiger partial charge in [-0.1, -0.05) is 20.3 Å². The Labute approximate surface area is 125 Å². The highest BCUT2D eigenvalue weighted by Gasteiger charge is 2.20. The molecule has 4 nitrogen and oxygen atoms in total. The van der Waals surface area contributed by atoms with E-state index in [0.29, 0.717) is 17.7 Å². The van der Waals surface area contributed by atoms with Gasteiger partial charge in [-0.15, -0.1) is 11.6 Å². The van der Waals surface area contributed by atoms with Crippen LogP contribution in [0, 0.1) is 11.8 Å². The predicted molar refractivity (Wildman–Crippen MR) is 83.4 cm³/mol. The maximum Gasteiger partial charge on any atom is 0.293 e. The second kappa shape index (κ2) is 7.11. The molecule has 1 saturated carbocycles. The number of anilines is 1. The maximum atomic E-state index is 12.3. The monoisotopic (exact) mass is 297 g/mol. The van der Waals surface area contributed by atoms with Gasteiger partial charge in [0.15, 0.2) is 5.82 Å². The van der Waals surface area contributed by atoms with Gasteiger partial charge in [0.2, 0.25) is 0 Å². The van der Waals surface area contributed by atoms with Crippen LogP contribution in [0.2, 0.25) is 0 Å². The molecule has 1 aliphatic rings. The molecule has 0 aliphatic heterocycles. The van der Waals surface area contributed by atoms with E-state index in [1.54, 1.807) is 17.0 Å². The van der Waals surface area contributed by atoms with Crippen molar-refractivity contribution in [3.05, 3.63) is 22.7 Å². The maximum absolute atomic E-state index is 12.3. The molecular formula is C15H24ClN3O. The van der Waals surface area contributed by atoms with Crippen molar-refractivity contribution in [3.63, 3.8) is 0 Å². The van der Waals surface area contributed by atoms with Crippen molar-refractivity contribution in [1.29, 1.82) is 0 Å². The molecule has 2 rings (SSSR count). The molecular weight excluding hydrogens is 274 g/mol. The number of nitrogens with one attached hydrogen (secondary N) is 1. The number of halogens is 1. The summed E-state index contributed by atoms with van der Waals surface area (Å²) in [7, 11) is 0. The van der Waals surface area contributed by atoms with Crippen LogP contribution in [0.15, 0.2) is 17.2 Å². The Morgan fingerprint density at radius 2 is 2.30 bits per heavy atom. The van der Waals surface area contributed by atoms with E-state index in [-0.39, 0.29) is 10.9 Å². The van der Waals surface area contributed by atoms with Crippen LogP contribution in [-0.4, -0.2) is 21.5 Å². The number of nitrogens with zero attached hydrogens (tertiary/aromatic N) is 2. The Balaban J connectivity index is 1.97. The molecule has 0 bridgehead atoms. The molecule has 0 saturated heterocycles. The standard InChI is InChI=1S/C15H24ClN3O/c1-11(2)10-19-7-6-17-14(15(19)20)18-9-12-4-3-5-13(16)8-12/h6-7,11-13H,3-5,8-10H2,1-2H3,(H,17,18). The van der Waals surface area contributed by atoms with Gasteiger partial charge in [-0.05, 0) is 31.1 Å². The first-order chi connectivity index (χ1) is 9.56. The third kappa shape index (κ3) is 4.23. The van der Waals surface area contributed by atoms with Gasteiger partial charge >= 0.3 is 0 Å². The fourth-order valence-electron chi connectivity index (χ4n) is 2.76. The lowest BCUT2D eigenvalue weighted by molar-refractivity contribution is 0.378. The van der Waals surface area contributed by atoms with Crippen molar-refractivity contribution in [3.8, 4) is 0 Å². The molecule has 1 aliphatic carbocycles. The number of hydrogen-bond donors (Lipinski definition) is 1. The molecule has 5 heteroatoms.